The summed E-state index contributed by atoms with van der Waals surface area (Å²) in [6, 6.07) is 23.4. The van der Waals surface area contributed by atoms with Crippen molar-refractivity contribution < 1.29 is 27.8 Å². The first-order valence-electron chi connectivity index (χ1n) is 9.79. The lowest BCUT2D eigenvalue weighted by Gasteiger charge is -2.11. The standard InChI is InChI=1S/C24H19NO6S2/c26-22-15-18(25-33(28,29)23-10-5-13-32-23)11-12-21(22)24(27)30-16-17-6-4-9-20(14-17)31-19-7-2-1-3-8-19/h1-15,25-26H,16H2. The number of anilines is 1. The molecule has 1 heterocycles. The second-order valence-corrected chi connectivity index (χ2v) is 9.77. The quantitative estimate of drug-likeness (QED) is 0.327. The Hall–Kier alpha value is -3.82. The number of sulfonamides is 1. The van der Waals surface area contributed by atoms with Crippen LogP contribution in [0.25, 0.3) is 0 Å². The molecule has 0 unspecified atom stereocenters. The molecule has 7 nitrogen and oxygen atoms in total. The van der Waals surface area contributed by atoms with E-state index in [4.69, 9.17) is 9.47 Å². The van der Waals surface area contributed by atoms with Crippen LogP contribution < -0.4 is 9.46 Å². The number of hydrogen-bond acceptors (Lipinski definition) is 7. The highest BCUT2D eigenvalue weighted by Crippen LogP contribution is 2.27. The monoisotopic (exact) mass is 481 g/mol. The molecular formula is C24H19NO6S2. The first kappa shape index (κ1) is 22.4. The van der Waals surface area contributed by atoms with Crippen LogP contribution in [0.15, 0.2) is 94.5 Å². The van der Waals surface area contributed by atoms with Crippen molar-refractivity contribution >= 4 is 33.0 Å². The maximum Gasteiger partial charge on any atom is 0.342 e. The van der Waals surface area contributed by atoms with Gasteiger partial charge in [-0.1, -0.05) is 36.4 Å². The fourth-order valence-electron chi connectivity index (χ4n) is 2.94. The molecule has 168 valence electrons. The van der Waals surface area contributed by atoms with Crippen LogP contribution in [0.1, 0.15) is 15.9 Å². The van der Waals surface area contributed by atoms with Gasteiger partial charge in [0.15, 0.2) is 0 Å². The molecule has 4 rings (SSSR count). The Morgan fingerprint density at radius 1 is 0.909 bits per heavy atom. The third-order valence-electron chi connectivity index (χ3n) is 4.48. The summed E-state index contributed by atoms with van der Waals surface area (Å²) in [6.45, 7) is -0.0307. The third-order valence-corrected chi connectivity index (χ3v) is 7.26. The molecular weight excluding hydrogens is 462 g/mol. The van der Waals surface area contributed by atoms with Gasteiger partial charge in [0, 0.05) is 6.07 Å². The summed E-state index contributed by atoms with van der Waals surface area (Å²) in [4.78, 5) is 12.4. The van der Waals surface area contributed by atoms with Crippen molar-refractivity contribution in [3.63, 3.8) is 0 Å². The first-order chi connectivity index (χ1) is 15.9. The van der Waals surface area contributed by atoms with Crippen LogP contribution in [-0.4, -0.2) is 19.5 Å². The van der Waals surface area contributed by atoms with E-state index in [1.807, 2.05) is 30.3 Å². The van der Waals surface area contributed by atoms with E-state index < -0.39 is 21.7 Å². The van der Waals surface area contributed by atoms with Crippen molar-refractivity contribution in [2.45, 2.75) is 10.8 Å². The van der Waals surface area contributed by atoms with Crippen LogP contribution in [-0.2, 0) is 21.4 Å². The van der Waals surface area contributed by atoms with E-state index in [9.17, 15) is 18.3 Å². The van der Waals surface area contributed by atoms with Crippen molar-refractivity contribution in [2.75, 3.05) is 4.72 Å². The van der Waals surface area contributed by atoms with Gasteiger partial charge in [0.1, 0.15) is 33.6 Å². The number of thiophene rings is 1. The Bertz CT molecular complexity index is 1350. The van der Waals surface area contributed by atoms with Crippen molar-refractivity contribution in [1.82, 2.24) is 0 Å². The Morgan fingerprint density at radius 2 is 1.70 bits per heavy atom. The highest BCUT2D eigenvalue weighted by molar-refractivity contribution is 7.94. The smallest absolute Gasteiger partial charge is 0.342 e. The Kier molecular flexibility index (Phi) is 6.62. The second-order valence-electron chi connectivity index (χ2n) is 6.91. The number of rotatable bonds is 8. The zero-order valence-corrected chi connectivity index (χ0v) is 18.8. The average Bonchev–Trinajstić information content (AvgIpc) is 3.35. The Balaban J connectivity index is 1.39. The number of carbonyl (C=O) groups is 1. The molecule has 0 saturated heterocycles. The molecule has 1 aromatic heterocycles. The number of benzene rings is 3. The zero-order chi connectivity index (χ0) is 23.3. The number of ether oxygens (including phenoxy) is 2. The van der Waals surface area contributed by atoms with E-state index in [2.05, 4.69) is 4.72 Å². The lowest BCUT2D eigenvalue weighted by Crippen LogP contribution is -2.12. The highest BCUT2D eigenvalue weighted by Gasteiger charge is 2.18. The molecule has 0 amide bonds. The van der Waals surface area contributed by atoms with Gasteiger partial charge in [-0.3, -0.25) is 4.72 Å². The topological polar surface area (TPSA) is 102 Å². The molecule has 0 aliphatic heterocycles. The van der Waals surface area contributed by atoms with E-state index in [1.54, 1.807) is 35.7 Å². The summed E-state index contributed by atoms with van der Waals surface area (Å²) >= 11 is 1.07. The molecule has 0 atom stereocenters. The number of esters is 1. The van der Waals surface area contributed by atoms with Gasteiger partial charge in [0.05, 0.1) is 5.69 Å². The van der Waals surface area contributed by atoms with Crippen LogP contribution in [0.4, 0.5) is 5.69 Å². The van der Waals surface area contributed by atoms with E-state index in [0.717, 1.165) is 17.4 Å². The predicted molar refractivity (Wildman–Crippen MR) is 125 cm³/mol. The summed E-state index contributed by atoms with van der Waals surface area (Å²) in [5, 5.41) is 11.9. The van der Waals surface area contributed by atoms with Gasteiger partial charge in [-0.05, 0) is 53.4 Å². The molecule has 0 bridgehead atoms. The largest absolute Gasteiger partial charge is 0.507 e. The van der Waals surface area contributed by atoms with E-state index in [0.29, 0.717) is 17.1 Å². The van der Waals surface area contributed by atoms with Gasteiger partial charge in [-0.2, -0.15) is 0 Å². The van der Waals surface area contributed by atoms with Gasteiger partial charge in [-0.25, -0.2) is 13.2 Å². The van der Waals surface area contributed by atoms with Crippen LogP contribution in [0.3, 0.4) is 0 Å². The van der Waals surface area contributed by atoms with Crippen molar-refractivity contribution in [3.05, 3.63) is 101 Å². The van der Waals surface area contributed by atoms with Gasteiger partial charge < -0.3 is 14.6 Å². The predicted octanol–water partition coefficient (Wildman–Crippen LogP) is 5.40. The molecule has 0 aliphatic carbocycles. The lowest BCUT2D eigenvalue weighted by molar-refractivity contribution is 0.0469. The first-order valence-corrected chi connectivity index (χ1v) is 12.2. The fraction of sp³-hybridized carbons (Fsp3) is 0.0417. The van der Waals surface area contributed by atoms with Crippen molar-refractivity contribution in [2.24, 2.45) is 0 Å². The summed E-state index contributed by atoms with van der Waals surface area (Å²) < 4.78 is 38.2. The molecule has 0 saturated carbocycles. The molecule has 9 heteroatoms. The lowest BCUT2D eigenvalue weighted by atomic mass is 10.2. The van der Waals surface area contributed by atoms with E-state index in [-0.39, 0.29) is 22.1 Å². The van der Waals surface area contributed by atoms with Crippen molar-refractivity contribution in [1.29, 1.82) is 0 Å². The van der Waals surface area contributed by atoms with Gasteiger partial charge in [-0.15, -0.1) is 11.3 Å². The van der Waals surface area contributed by atoms with Gasteiger partial charge in [0.2, 0.25) is 0 Å². The second kappa shape index (κ2) is 9.76. The number of para-hydroxylation sites is 1. The molecule has 0 radical (unpaired) electrons. The van der Waals surface area contributed by atoms with E-state index in [1.165, 1.54) is 18.2 Å². The van der Waals surface area contributed by atoms with E-state index >= 15 is 0 Å². The molecule has 4 aromatic rings. The normalized spacial score (nSPS) is 11.0. The zero-order valence-electron chi connectivity index (χ0n) is 17.2. The Labute approximate surface area is 194 Å². The maximum atomic E-state index is 12.4. The van der Waals surface area contributed by atoms with Gasteiger partial charge in [0.25, 0.3) is 10.0 Å². The number of phenols is 1. The number of hydrogen-bond donors (Lipinski definition) is 2. The summed E-state index contributed by atoms with van der Waals surface area (Å²) in [5.41, 5.74) is 0.755. The minimum absolute atomic E-state index is 0.0307. The summed E-state index contributed by atoms with van der Waals surface area (Å²) in [7, 11) is -3.76. The molecule has 3 aromatic carbocycles. The van der Waals surface area contributed by atoms with Crippen LogP contribution in [0.5, 0.6) is 17.2 Å². The molecule has 0 fully saturated rings. The molecule has 33 heavy (non-hydrogen) atoms. The minimum Gasteiger partial charge on any atom is -0.507 e. The maximum absolute atomic E-state index is 12.4. The number of phenolic OH excluding ortho intramolecular Hbond substituents is 1. The van der Waals surface area contributed by atoms with Crippen LogP contribution >= 0.6 is 11.3 Å². The average molecular weight is 482 g/mol. The van der Waals surface area contributed by atoms with Crippen molar-refractivity contribution in [3.8, 4) is 17.2 Å². The SMILES string of the molecule is O=C(OCc1cccc(Oc2ccccc2)c1)c1ccc(NS(=O)(=O)c2cccs2)cc1O. The molecule has 2 N–H and O–H groups in total. The van der Waals surface area contributed by atoms with Crippen LogP contribution in [0.2, 0.25) is 0 Å². The number of nitrogens with one attached hydrogen (secondary N) is 1. The summed E-state index contributed by atoms with van der Waals surface area (Å²) in [6.07, 6.45) is 0. The Morgan fingerprint density at radius 3 is 2.42 bits per heavy atom. The number of carbonyl (C=O) groups excluding carboxylic acids is 1. The molecule has 0 aliphatic rings. The fourth-order valence-corrected chi connectivity index (χ4v) is 4.98. The third kappa shape index (κ3) is 5.71. The number of aromatic hydroxyl groups is 1. The van der Waals surface area contributed by atoms with Crippen LogP contribution in [0, 0.1) is 0 Å². The van der Waals surface area contributed by atoms with Gasteiger partial charge >= 0.3 is 5.97 Å². The molecule has 0 spiro atoms. The highest BCUT2D eigenvalue weighted by atomic mass is 32.2. The minimum atomic E-state index is -3.76. The summed E-state index contributed by atoms with van der Waals surface area (Å²) in [5.74, 6) is 0.147.